The zero-order valence-electron chi connectivity index (χ0n) is 11.7. The van der Waals surface area contributed by atoms with Crippen LogP contribution in [0.15, 0.2) is 0 Å². The first-order valence-corrected chi connectivity index (χ1v) is 6.14. The smallest absolute Gasteiger partial charge is 0.305 e. The molecular formula is C12H26O7. The van der Waals surface area contributed by atoms with E-state index in [4.69, 9.17) is 20.4 Å². The first-order valence-electron chi connectivity index (χ1n) is 6.14. The standard InChI is InChI=1S/C8H18O5.C4H8O2/c1-2-3-7(4-9,5-10)8(12,13)6-11;1-3(2)4(5)6/h9-13H,2-6H2,1H3;3H,1-2H3,(H,5,6). The average Bonchev–Trinajstić information content (AvgIpc) is 2.36. The molecule has 0 fully saturated rings. The lowest BCUT2D eigenvalue weighted by Crippen LogP contribution is -2.55. The maximum Gasteiger partial charge on any atom is 0.305 e. The summed E-state index contributed by atoms with van der Waals surface area (Å²) in [6, 6.07) is 0. The molecule has 0 saturated heterocycles. The lowest BCUT2D eigenvalue weighted by atomic mass is 9.77. The first-order chi connectivity index (χ1) is 8.64. The van der Waals surface area contributed by atoms with Gasteiger partial charge in [0, 0.05) is 0 Å². The van der Waals surface area contributed by atoms with Crippen LogP contribution in [-0.2, 0) is 4.79 Å². The van der Waals surface area contributed by atoms with Crippen LogP contribution in [0.2, 0.25) is 0 Å². The molecule has 0 heterocycles. The van der Waals surface area contributed by atoms with Crippen LogP contribution in [0, 0.1) is 11.3 Å². The van der Waals surface area contributed by atoms with Crippen LogP contribution < -0.4 is 0 Å². The molecule has 0 aliphatic heterocycles. The lowest BCUT2D eigenvalue weighted by molar-refractivity contribution is -0.281. The minimum Gasteiger partial charge on any atom is -0.481 e. The van der Waals surface area contributed by atoms with Crippen molar-refractivity contribution in [3.63, 3.8) is 0 Å². The molecule has 0 amide bonds. The molecule has 0 rings (SSSR count). The van der Waals surface area contributed by atoms with Gasteiger partial charge >= 0.3 is 5.97 Å². The van der Waals surface area contributed by atoms with Crippen LogP contribution in [0.25, 0.3) is 0 Å². The van der Waals surface area contributed by atoms with Crippen LogP contribution >= 0.6 is 0 Å². The van der Waals surface area contributed by atoms with Crippen molar-refractivity contribution >= 4 is 5.97 Å². The van der Waals surface area contributed by atoms with E-state index < -0.39 is 37.0 Å². The monoisotopic (exact) mass is 282 g/mol. The number of carboxylic acids is 1. The summed E-state index contributed by atoms with van der Waals surface area (Å²) in [6.45, 7) is 3.00. The van der Waals surface area contributed by atoms with Crippen molar-refractivity contribution < 1.29 is 35.4 Å². The molecule has 0 aromatic heterocycles. The largest absolute Gasteiger partial charge is 0.481 e. The zero-order valence-corrected chi connectivity index (χ0v) is 11.7. The number of rotatable bonds is 7. The SMILES string of the molecule is CC(C)C(=O)O.CCCC(CO)(CO)C(O)(O)CO. The second-order valence-corrected chi connectivity index (χ2v) is 4.81. The molecule has 6 N–H and O–H groups in total. The molecule has 0 aromatic carbocycles. The van der Waals surface area contributed by atoms with Crippen LogP contribution in [0.3, 0.4) is 0 Å². The third-order valence-electron chi connectivity index (χ3n) is 2.90. The van der Waals surface area contributed by atoms with E-state index >= 15 is 0 Å². The molecule has 116 valence electrons. The van der Waals surface area contributed by atoms with Gasteiger partial charge in [-0.2, -0.15) is 0 Å². The van der Waals surface area contributed by atoms with Gasteiger partial charge in [0.25, 0.3) is 0 Å². The molecule has 0 aliphatic rings. The van der Waals surface area contributed by atoms with Crippen molar-refractivity contribution in [2.75, 3.05) is 19.8 Å². The van der Waals surface area contributed by atoms with Gasteiger partial charge in [0.2, 0.25) is 0 Å². The van der Waals surface area contributed by atoms with E-state index in [1.807, 2.05) is 0 Å². The van der Waals surface area contributed by atoms with E-state index in [-0.39, 0.29) is 12.3 Å². The third-order valence-corrected chi connectivity index (χ3v) is 2.90. The number of hydrogen-bond donors (Lipinski definition) is 6. The number of hydrogen-bond acceptors (Lipinski definition) is 6. The minimum atomic E-state index is -2.44. The fraction of sp³-hybridized carbons (Fsp3) is 0.917. The van der Waals surface area contributed by atoms with Crippen molar-refractivity contribution in [1.82, 2.24) is 0 Å². The molecule has 0 radical (unpaired) electrons. The summed E-state index contributed by atoms with van der Waals surface area (Å²) < 4.78 is 0. The van der Waals surface area contributed by atoms with E-state index in [0.29, 0.717) is 6.42 Å². The summed E-state index contributed by atoms with van der Waals surface area (Å²) in [5.74, 6) is -3.41. The van der Waals surface area contributed by atoms with E-state index in [9.17, 15) is 15.0 Å². The molecular weight excluding hydrogens is 256 g/mol. The van der Waals surface area contributed by atoms with Crippen molar-refractivity contribution in [2.24, 2.45) is 11.3 Å². The Morgan fingerprint density at radius 3 is 1.58 bits per heavy atom. The normalized spacial score (nSPS) is 12.1. The molecule has 0 spiro atoms. The van der Waals surface area contributed by atoms with Gasteiger partial charge in [-0.1, -0.05) is 27.2 Å². The maximum absolute atomic E-state index is 9.70. The lowest BCUT2D eigenvalue weighted by Gasteiger charge is -2.40. The van der Waals surface area contributed by atoms with Gasteiger partial charge in [-0.25, -0.2) is 0 Å². The van der Waals surface area contributed by atoms with Gasteiger partial charge in [0.1, 0.15) is 0 Å². The molecule has 0 atom stereocenters. The Bertz CT molecular complexity index is 246. The molecule has 0 aliphatic carbocycles. The molecule has 0 aromatic rings. The molecule has 0 bridgehead atoms. The van der Waals surface area contributed by atoms with Crippen LogP contribution in [0.5, 0.6) is 0 Å². The zero-order chi connectivity index (χ0) is 15.7. The third kappa shape index (κ3) is 6.31. The van der Waals surface area contributed by atoms with Crippen molar-refractivity contribution in [3.05, 3.63) is 0 Å². The number of aliphatic carboxylic acids is 1. The summed E-state index contributed by atoms with van der Waals surface area (Å²) in [5, 5.41) is 53.4. The summed E-state index contributed by atoms with van der Waals surface area (Å²) in [5.41, 5.74) is -1.45. The molecule has 7 nitrogen and oxygen atoms in total. The Morgan fingerprint density at radius 2 is 1.42 bits per heavy atom. The topological polar surface area (TPSA) is 138 Å². The Labute approximate surface area is 113 Å². The molecule has 0 saturated carbocycles. The molecule has 0 unspecified atom stereocenters. The molecule has 19 heavy (non-hydrogen) atoms. The number of carbonyl (C=O) groups is 1. The Kier molecular flexibility index (Phi) is 9.99. The van der Waals surface area contributed by atoms with E-state index in [2.05, 4.69) is 0 Å². The predicted octanol–water partition coefficient (Wildman–Crippen LogP) is -0.842. The van der Waals surface area contributed by atoms with Crippen molar-refractivity contribution in [3.8, 4) is 0 Å². The quantitative estimate of drug-likeness (QED) is 0.335. The highest BCUT2D eigenvalue weighted by Gasteiger charge is 2.47. The summed E-state index contributed by atoms with van der Waals surface area (Å²) in [4.78, 5) is 9.70. The van der Waals surface area contributed by atoms with Gasteiger partial charge in [-0.15, -0.1) is 0 Å². The average molecular weight is 282 g/mol. The second-order valence-electron chi connectivity index (χ2n) is 4.81. The van der Waals surface area contributed by atoms with Crippen molar-refractivity contribution in [1.29, 1.82) is 0 Å². The summed E-state index contributed by atoms with van der Waals surface area (Å²) in [7, 11) is 0. The van der Waals surface area contributed by atoms with Crippen LogP contribution in [0.4, 0.5) is 0 Å². The van der Waals surface area contributed by atoms with Gasteiger partial charge in [-0.3, -0.25) is 4.79 Å². The summed E-state index contributed by atoms with van der Waals surface area (Å²) >= 11 is 0. The van der Waals surface area contributed by atoms with Gasteiger partial charge in [-0.05, 0) is 6.42 Å². The fourth-order valence-corrected chi connectivity index (χ4v) is 1.31. The Morgan fingerprint density at radius 1 is 1.05 bits per heavy atom. The fourth-order valence-electron chi connectivity index (χ4n) is 1.31. The highest BCUT2D eigenvalue weighted by Crippen LogP contribution is 2.33. The van der Waals surface area contributed by atoms with Gasteiger partial charge in [0.15, 0.2) is 5.79 Å². The second kappa shape index (κ2) is 9.22. The highest BCUT2D eigenvalue weighted by molar-refractivity contribution is 5.68. The Hall–Kier alpha value is -0.730. The highest BCUT2D eigenvalue weighted by atomic mass is 16.5. The van der Waals surface area contributed by atoms with E-state index in [1.54, 1.807) is 20.8 Å². The number of carboxylic acid groups (broad SMARTS) is 1. The maximum atomic E-state index is 9.70. The van der Waals surface area contributed by atoms with Gasteiger partial charge in [0.05, 0.1) is 31.2 Å². The summed E-state index contributed by atoms with van der Waals surface area (Å²) in [6.07, 6.45) is 0.803. The number of aliphatic hydroxyl groups is 5. The van der Waals surface area contributed by atoms with Crippen molar-refractivity contribution in [2.45, 2.75) is 39.4 Å². The molecule has 7 heteroatoms. The Balaban J connectivity index is 0. The van der Waals surface area contributed by atoms with Crippen LogP contribution in [0.1, 0.15) is 33.6 Å². The predicted molar refractivity (Wildman–Crippen MR) is 68.2 cm³/mol. The van der Waals surface area contributed by atoms with E-state index in [1.165, 1.54) is 0 Å². The van der Waals surface area contributed by atoms with E-state index in [0.717, 1.165) is 0 Å². The van der Waals surface area contributed by atoms with Gasteiger partial charge < -0.3 is 30.6 Å². The first kappa shape index (κ1) is 20.6. The van der Waals surface area contributed by atoms with Crippen LogP contribution in [-0.4, -0.2) is 62.2 Å². The minimum absolute atomic E-state index is 0.230. The number of aliphatic hydroxyl groups excluding tert-OH is 3.